The number of nitrogens with zero attached hydrogens (tertiary/aromatic N) is 3. The molecule has 2 rings (SSSR count). The second-order valence-corrected chi connectivity index (χ2v) is 5.06. The lowest BCUT2D eigenvalue weighted by Gasteiger charge is -2.10. The number of carbonyl (C=O) groups excluding carboxylic acids is 1. The first-order valence-corrected chi connectivity index (χ1v) is 7.27. The van der Waals surface area contributed by atoms with Crippen molar-refractivity contribution in [1.82, 2.24) is 0 Å². The monoisotopic (exact) mass is 327 g/mol. The van der Waals surface area contributed by atoms with E-state index in [2.05, 4.69) is 10.6 Å². The zero-order valence-corrected chi connectivity index (χ0v) is 13.4. The topological polar surface area (TPSA) is 112 Å². The van der Waals surface area contributed by atoms with Crippen LogP contribution in [0.4, 0.5) is 11.4 Å². The van der Waals surface area contributed by atoms with Crippen LogP contribution in [0.5, 0.6) is 0 Å². The molecule has 2 N–H and O–H groups in total. The molecule has 0 spiro atoms. The van der Waals surface area contributed by atoms with E-state index in [1.807, 2.05) is 19.1 Å². The maximum atomic E-state index is 12.3. The summed E-state index contributed by atoms with van der Waals surface area (Å²) in [7, 11) is 0. The fourth-order valence-corrected chi connectivity index (χ4v) is 2.13. The summed E-state index contributed by atoms with van der Waals surface area (Å²) in [6, 6.07) is 19.0. The number of carbonyl (C=O) groups is 1. The van der Waals surface area contributed by atoms with Crippen molar-refractivity contribution < 1.29 is 4.79 Å². The summed E-state index contributed by atoms with van der Waals surface area (Å²) in [5, 5.41) is 32.3. The molecule has 0 heterocycles. The first kappa shape index (κ1) is 17.3. The van der Waals surface area contributed by atoms with E-state index in [1.54, 1.807) is 54.6 Å². The SMILES string of the molecule is Cc1ccccc1C(=O)Nc1cccc(NC(C#N)=C(C#N)C#N)c1. The van der Waals surface area contributed by atoms with Gasteiger partial charge in [-0.1, -0.05) is 24.3 Å². The van der Waals surface area contributed by atoms with Gasteiger partial charge in [-0.3, -0.25) is 4.79 Å². The highest BCUT2D eigenvalue weighted by Crippen LogP contribution is 2.19. The third-order valence-corrected chi connectivity index (χ3v) is 3.36. The third kappa shape index (κ3) is 4.22. The Morgan fingerprint density at radius 1 is 0.880 bits per heavy atom. The Labute approximate surface area is 145 Å². The van der Waals surface area contributed by atoms with Crippen LogP contribution in [0.1, 0.15) is 15.9 Å². The van der Waals surface area contributed by atoms with E-state index in [-0.39, 0.29) is 17.2 Å². The molecule has 25 heavy (non-hydrogen) atoms. The predicted octanol–water partition coefficient (Wildman–Crippen LogP) is 3.48. The Hall–Kier alpha value is -4.08. The highest BCUT2D eigenvalue weighted by molar-refractivity contribution is 6.05. The van der Waals surface area contributed by atoms with Crippen LogP contribution in [-0.2, 0) is 0 Å². The predicted molar refractivity (Wildman–Crippen MR) is 93.1 cm³/mol. The van der Waals surface area contributed by atoms with Crippen molar-refractivity contribution in [2.24, 2.45) is 0 Å². The molecule has 0 bridgehead atoms. The van der Waals surface area contributed by atoms with Crippen LogP contribution >= 0.6 is 0 Å². The molecule has 0 atom stereocenters. The van der Waals surface area contributed by atoms with E-state index in [1.165, 1.54) is 0 Å². The van der Waals surface area contributed by atoms with Gasteiger partial charge >= 0.3 is 0 Å². The molecule has 0 aliphatic rings. The Morgan fingerprint density at radius 2 is 1.52 bits per heavy atom. The van der Waals surface area contributed by atoms with Crippen LogP contribution in [0.2, 0.25) is 0 Å². The van der Waals surface area contributed by atoms with Crippen LogP contribution in [0, 0.1) is 40.9 Å². The number of nitriles is 3. The molecule has 1 amide bonds. The van der Waals surface area contributed by atoms with Crippen molar-refractivity contribution in [2.45, 2.75) is 6.92 Å². The summed E-state index contributed by atoms with van der Waals surface area (Å²) < 4.78 is 0. The summed E-state index contributed by atoms with van der Waals surface area (Å²) in [4.78, 5) is 12.3. The number of aryl methyl sites for hydroxylation is 1. The van der Waals surface area contributed by atoms with E-state index in [0.717, 1.165) is 5.56 Å². The van der Waals surface area contributed by atoms with E-state index in [0.29, 0.717) is 16.9 Å². The van der Waals surface area contributed by atoms with Gasteiger partial charge in [-0.25, -0.2) is 0 Å². The fourth-order valence-electron chi connectivity index (χ4n) is 2.13. The van der Waals surface area contributed by atoms with Crippen molar-refractivity contribution in [3.05, 3.63) is 70.9 Å². The molecular formula is C19H13N5O. The maximum absolute atomic E-state index is 12.3. The standard InChI is InChI=1S/C19H13N5O/c1-13-5-2-3-8-17(13)19(25)24-16-7-4-6-15(9-16)23-18(12-22)14(10-20)11-21/h2-9,23H,1H3,(H,24,25). The van der Waals surface area contributed by atoms with Crippen LogP contribution in [0.15, 0.2) is 59.8 Å². The molecule has 2 aromatic carbocycles. The van der Waals surface area contributed by atoms with Crippen molar-refractivity contribution in [2.75, 3.05) is 10.6 Å². The smallest absolute Gasteiger partial charge is 0.255 e. The van der Waals surface area contributed by atoms with Gasteiger partial charge in [-0.05, 0) is 36.8 Å². The van der Waals surface area contributed by atoms with Crippen LogP contribution in [-0.4, -0.2) is 5.91 Å². The van der Waals surface area contributed by atoms with Crippen LogP contribution in [0.25, 0.3) is 0 Å². The van der Waals surface area contributed by atoms with Crippen LogP contribution in [0.3, 0.4) is 0 Å². The van der Waals surface area contributed by atoms with E-state index >= 15 is 0 Å². The second-order valence-electron chi connectivity index (χ2n) is 5.06. The first-order chi connectivity index (χ1) is 12.1. The lowest BCUT2D eigenvalue weighted by atomic mass is 10.1. The molecule has 0 aliphatic carbocycles. The lowest BCUT2D eigenvalue weighted by Crippen LogP contribution is -2.13. The summed E-state index contributed by atoms with van der Waals surface area (Å²) in [5.41, 5.74) is 1.96. The summed E-state index contributed by atoms with van der Waals surface area (Å²) in [5.74, 6) is -0.249. The molecule has 120 valence electrons. The number of nitrogens with one attached hydrogen (secondary N) is 2. The summed E-state index contributed by atoms with van der Waals surface area (Å²) in [6.07, 6.45) is 0. The molecule has 0 fully saturated rings. The minimum Gasteiger partial charge on any atom is -0.345 e. The van der Waals surface area contributed by atoms with Gasteiger partial charge in [0, 0.05) is 16.9 Å². The quantitative estimate of drug-likeness (QED) is 0.835. The Bertz CT molecular complexity index is 954. The molecule has 0 saturated heterocycles. The minimum atomic E-state index is -0.308. The number of allylic oxidation sites excluding steroid dienone is 2. The highest BCUT2D eigenvalue weighted by atomic mass is 16.1. The van der Waals surface area contributed by atoms with Gasteiger partial charge in [0.1, 0.15) is 23.9 Å². The number of anilines is 2. The van der Waals surface area contributed by atoms with Gasteiger partial charge in [-0.15, -0.1) is 0 Å². The van der Waals surface area contributed by atoms with Gasteiger partial charge in [0.05, 0.1) is 0 Å². The Balaban J connectivity index is 2.23. The van der Waals surface area contributed by atoms with Crippen molar-refractivity contribution in [3.8, 4) is 18.2 Å². The van der Waals surface area contributed by atoms with Crippen molar-refractivity contribution in [3.63, 3.8) is 0 Å². The number of hydrogen-bond acceptors (Lipinski definition) is 5. The number of benzene rings is 2. The van der Waals surface area contributed by atoms with Crippen molar-refractivity contribution >= 4 is 17.3 Å². The maximum Gasteiger partial charge on any atom is 0.255 e. The molecule has 6 heteroatoms. The van der Waals surface area contributed by atoms with Crippen LogP contribution < -0.4 is 10.6 Å². The van der Waals surface area contributed by atoms with Gasteiger partial charge in [-0.2, -0.15) is 15.8 Å². The average Bonchev–Trinajstić information content (AvgIpc) is 2.62. The molecule has 0 unspecified atom stereocenters. The van der Waals surface area contributed by atoms with Gasteiger partial charge in [0.25, 0.3) is 5.91 Å². The molecule has 0 aromatic heterocycles. The average molecular weight is 327 g/mol. The van der Waals surface area contributed by atoms with E-state index in [9.17, 15) is 4.79 Å². The highest BCUT2D eigenvalue weighted by Gasteiger charge is 2.10. The molecule has 6 nitrogen and oxygen atoms in total. The fraction of sp³-hybridized carbons (Fsp3) is 0.0526. The number of amides is 1. The summed E-state index contributed by atoms with van der Waals surface area (Å²) in [6.45, 7) is 1.85. The number of hydrogen-bond donors (Lipinski definition) is 2. The zero-order valence-electron chi connectivity index (χ0n) is 13.4. The van der Waals surface area contributed by atoms with Gasteiger partial charge in [0.15, 0.2) is 5.57 Å². The minimum absolute atomic E-state index is 0.146. The molecular weight excluding hydrogens is 314 g/mol. The van der Waals surface area contributed by atoms with Crippen molar-refractivity contribution in [1.29, 1.82) is 15.8 Å². The molecule has 0 saturated carbocycles. The Morgan fingerprint density at radius 3 is 2.12 bits per heavy atom. The third-order valence-electron chi connectivity index (χ3n) is 3.36. The Kier molecular flexibility index (Phi) is 5.50. The largest absolute Gasteiger partial charge is 0.345 e. The summed E-state index contributed by atoms with van der Waals surface area (Å²) >= 11 is 0. The van der Waals surface area contributed by atoms with E-state index < -0.39 is 0 Å². The number of rotatable bonds is 4. The zero-order chi connectivity index (χ0) is 18.2. The first-order valence-electron chi connectivity index (χ1n) is 7.27. The molecule has 2 aromatic rings. The normalized spacial score (nSPS) is 9.04. The van der Waals surface area contributed by atoms with Gasteiger partial charge in [0.2, 0.25) is 0 Å². The molecule has 0 aliphatic heterocycles. The second kappa shape index (κ2) is 7.97. The van der Waals surface area contributed by atoms with Gasteiger partial charge < -0.3 is 10.6 Å². The molecule has 0 radical (unpaired) electrons. The van der Waals surface area contributed by atoms with E-state index in [4.69, 9.17) is 15.8 Å². The lowest BCUT2D eigenvalue weighted by molar-refractivity contribution is 0.102.